The third-order valence-corrected chi connectivity index (χ3v) is 6.55. The van der Waals surface area contributed by atoms with Gasteiger partial charge in [0.15, 0.2) is 9.84 Å². The fourth-order valence-electron chi connectivity index (χ4n) is 4.37. The van der Waals surface area contributed by atoms with Crippen LogP contribution in [-0.4, -0.2) is 27.3 Å². The van der Waals surface area contributed by atoms with Gasteiger partial charge in [0.2, 0.25) is 0 Å². The lowest BCUT2D eigenvalue weighted by atomic mass is 9.69. The number of benzene rings is 1. The predicted octanol–water partition coefficient (Wildman–Crippen LogP) is 2.68. The summed E-state index contributed by atoms with van der Waals surface area (Å²) in [5.41, 5.74) is 2.91. The van der Waals surface area contributed by atoms with E-state index in [9.17, 15) is 8.42 Å². The summed E-state index contributed by atoms with van der Waals surface area (Å²) in [6.07, 6.45) is 4.46. The van der Waals surface area contributed by atoms with Gasteiger partial charge in [0.1, 0.15) is 0 Å². The Bertz CT molecular complexity index is 678. The van der Waals surface area contributed by atoms with E-state index in [4.69, 9.17) is 0 Å². The van der Waals surface area contributed by atoms with Crippen molar-refractivity contribution in [2.75, 3.05) is 12.8 Å². The highest BCUT2D eigenvalue weighted by molar-refractivity contribution is 7.90. The molecule has 0 amide bonds. The SMILES string of the molecule is CC1(C)C[C@@]2(C)CCN[C@@H]1Cc1cc(S(C)(=O)=O)ccc12. The molecule has 1 fully saturated rings. The molecule has 1 saturated heterocycles. The van der Waals surface area contributed by atoms with Crippen LogP contribution in [-0.2, 0) is 21.7 Å². The summed E-state index contributed by atoms with van der Waals surface area (Å²) in [5.74, 6) is 0. The molecule has 3 nitrogen and oxygen atoms in total. The Morgan fingerprint density at radius 1 is 1.24 bits per heavy atom. The van der Waals surface area contributed by atoms with E-state index in [0.29, 0.717) is 10.9 Å². The fraction of sp³-hybridized carbons (Fsp3) is 0.647. The Labute approximate surface area is 128 Å². The molecule has 2 atom stereocenters. The molecule has 4 heteroatoms. The molecule has 21 heavy (non-hydrogen) atoms. The summed E-state index contributed by atoms with van der Waals surface area (Å²) < 4.78 is 23.7. The van der Waals surface area contributed by atoms with Gasteiger partial charge in [-0.2, -0.15) is 0 Å². The van der Waals surface area contributed by atoms with Crippen LogP contribution in [0, 0.1) is 5.41 Å². The molecule has 116 valence electrons. The van der Waals surface area contributed by atoms with E-state index in [1.807, 2.05) is 6.07 Å². The molecule has 2 aliphatic rings. The van der Waals surface area contributed by atoms with Crippen LogP contribution in [0.25, 0.3) is 0 Å². The van der Waals surface area contributed by atoms with E-state index in [1.165, 1.54) is 17.4 Å². The molecule has 1 aliphatic heterocycles. The zero-order chi connectivity index (χ0) is 15.5. The van der Waals surface area contributed by atoms with Gasteiger partial charge < -0.3 is 5.32 Å². The van der Waals surface area contributed by atoms with Gasteiger partial charge >= 0.3 is 0 Å². The number of hydrogen-bond donors (Lipinski definition) is 1. The van der Waals surface area contributed by atoms with Crippen LogP contribution in [0.1, 0.15) is 44.7 Å². The summed E-state index contributed by atoms with van der Waals surface area (Å²) in [7, 11) is -3.14. The van der Waals surface area contributed by atoms with E-state index in [2.05, 4.69) is 32.2 Å². The second-order valence-corrected chi connectivity index (χ2v) is 9.79. The zero-order valence-electron chi connectivity index (χ0n) is 13.4. The molecule has 2 bridgehead atoms. The first-order chi connectivity index (χ1) is 9.62. The minimum absolute atomic E-state index is 0.132. The summed E-state index contributed by atoms with van der Waals surface area (Å²) in [5, 5.41) is 3.68. The van der Waals surface area contributed by atoms with Crippen molar-refractivity contribution < 1.29 is 8.42 Å². The van der Waals surface area contributed by atoms with Crippen molar-refractivity contribution in [2.45, 2.75) is 56.4 Å². The molecule has 3 rings (SSSR count). The van der Waals surface area contributed by atoms with E-state index < -0.39 is 9.84 Å². The first-order valence-electron chi connectivity index (χ1n) is 7.69. The maximum Gasteiger partial charge on any atom is 0.175 e. The monoisotopic (exact) mass is 307 g/mol. The maximum atomic E-state index is 11.8. The first kappa shape index (κ1) is 15.0. The lowest BCUT2D eigenvalue weighted by Gasteiger charge is -2.35. The Morgan fingerprint density at radius 3 is 2.62 bits per heavy atom. The molecule has 1 aromatic rings. The van der Waals surface area contributed by atoms with E-state index >= 15 is 0 Å². The van der Waals surface area contributed by atoms with Crippen molar-refractivity contribution in [3.63, 3.8) is 0 Å². The molecular formula is C17H25NO2S. The lowest BCUT2D eigenvalue weighted by molar-refractivity contribution is 0.214. The van der Waals surface area contributed by atoms with Gasteiger partial charge in [0, 0.05) is 12.3 Å². The average Bonchev–Trinajstić information content (AvgIpc) is 2.49. The third kappa shape index (κ3) is 2.53. The van der Waals surface area contributed by atoms with Crippen LogP contribution in [0.4, 0.5) is 0 Å². The average molecular weight is 307 g/mol. The second kappa shape index (κ2) is 4.56. The highest BCUT2D eigenvalue weighted by Gasteiger charge is 2.45. The van der Waals surface area contributed by atoms with Crippen LogP contribution in [0.15, 0.2) is 23.1 Å². The van der Waals surface area contributed by atoms with Gasteiger partial charge in [-0.1, -0.05) is 26.8 Å². The van der Waals surface area contributed by atoms with Crippen molar-refractivity contribution in [3.8, 4) is 0 Å². The maximum absolute atomic E-state index is 11.8. The topological polar surface area (TPSA) is 46.2 Å². The Kier molecular flexibility index (Phi) is 3.27. The molecule has 1 heterocycles. The number of rotatable bonds is 1. The van der Waals surface area contributed by atoms with E-state index in [-0.39, 0.29) is 10.8 Å². The molecule has 0 spiro atoms. The van der Waals surface area contributed by atoms with E-state index in [0.717, 1.165) is 25.8 Å². The van der Waals surface area contributed by atoms with Gasteiger partial charge in [0.05, 0.1) is 4.90 Å². The summed E-state index contributed by atoms with van der Waals surface area (Å²) >= 11 is 0. The standard InChI is InChI=1S/C17H25NO2S/c1-16(2)11-17(3)7-8-18-15(16)10-12-9-13(21(4,19)20)5-6-14(12)17/h5-6,9,15,18H,7-8,10-11H2,1-4H3/t15-,17-/m1/s1. The Balaban J connectivity index is 2.19. The molecule has 0 radical (unpaired) electrons. The fourth-order valence-corrected chi connectivity index (χ4v) is 5.04. The molecule has 0 saturated carbocycles. The van der Waals surface area contributed by atoms with Crippen LogP contribution in [0.3, 0.4) is 0 Å². The number of nitrogens with one attached hydrogen (secondary N) is 1. The Hall–Kier alpha value is -0.870. The quantitative estimate of drug-likeness (QED) is 0.867. The van der Waals surface area contributed by atoms with Crippen LogP contribution in [0.5, 0.6) is 0 Å². The van der Waals surface area contributed by atoms with Crippen molar-refractivity contribution in [1.29, 1.82) is 0 Å². The smallest absolute Gasteiger partial charge is 0.175 e. The third-order valence-electron chi connectivity index (χ3n) is 5.44. The van der Waals surface area contributed by atoms with Gasteiger partial charge in [-0.25, -0.2) is 8.42 Å². The minimum Gasteiger partial charge on any atom is -0.313 e. The molecule has 0 aromatic heterocycles. The van der Waals surface area contributed by atoms with Gasteiger partial charge in [-0.05, 0) is 59.9 Å². The molecular weight excluding hydrogens is 282 g/mol. The van der Waals surface area contributed by atoms with Crippen molar-refractivity contribution in [3.05, 3.63) is 29.3 Å². The van der Waals surface area contributed by atoms with Crippen LogP contribution in [0.2, 0.25) is 0 Å². The van der Waals surface area contributed by atoms with Crippen molar-refractivity contribution in [2.24, 2.45) is 5.41 Å². The molecule has 1 N–H and O–H groups in total. The van der Waals surface area contributed by atoms with Crippen LogP contribution >= 0.6 is 0 Å². The summed E-state index contributed by atoms with van der Waals surface area (Å²) in [6.45, 7) is 8.04. The molecule has 1 aromatic carbocycles. The predicted molar refractivity (Wildman–Crippen MR) is 85.4 cm³/mol. The lowest BCUT2D eigenvalue weighted by Crippen LogP contribution is -2.41. The van der Waals surface area contributed by atoms with Crippen molar-refractivity contribution >= 4 is 9.84 Å². The highest BCUT2D eigenvalue weighted by atomic mass is 32.2. The van der Waals surface area contributed by atoms with Crippen LogP contribution < -0.4 is 5.32 Å². The first-order valence-corrected chi connectivity index (χ1v) is 9.58. The largest absolute Gasteiger partial charge is 0.313 e. The zero-order valence-corrected chi connectivity index (χ0v) is 14.2. The van der Waals surface area contributed by atoms with Gasteiger partial charge in [-0.3, -0.25) is 0 Å². The normalized spacial score (nSPS) is 31.3. The number of hydrogen-bond acceptors (Lipinski definition) is 3. The van der Waals surface area contributed by atoms with Gasteiger partial charge in [-0.15, -0.1) is 0 Å². The minimum atomic E-state index is -3.14. The summed E-state index contributed by atoms with van der Waals surface area (Å²) in [6, 6.07) is 6.17. The van der Waals surface area contributed by atoms with E-state index in [1.54, 1.807) is 6.07 Å². The summed E-state index contributed by atoms with van der Waals surface area (Å²) in [4.78, 5) is 0.447. The van der Waals surface area contributed by atoms with Crippen molar-refractivity contribution in [1.82, 2.24) is 5.32 Å². The molecule has 1 aliphatic carbocycles. The highest BCUT2D eigenvalue weighted by Crippen LogP contribution is 2.48. The second-order valence-electron chi connectivity index (χ2n) is 7.78. The number of fused-ring (bicyclic) bond motifs is 5. The number of sulfone groups is 1. The Morgan fingerprint density at radius 2 is 1.95 bits per heavy atom. The molecule has 0 unspecified atom stereocenters. The van der Waals surface area contributed by atoms with Gasteiger partial charge in [0.25, 0.3) is 0 Å².